The van der Waals surface area contributed by atoms with Crippen molar-refractivity contribution in [3.05, 3.63) is 60.2 Å². The summed E-state index contributed by atoms with van der Waals surface area (Å²) in [6.45, 7) is 2.31. The Bertz CT molecular complexity index is 809. The first kappa shape index (κ1) is 37.2. The summed E-state index contributed by atoms with van der Waals surface area (Å²) in [4.78, 5) is 35.1. The van der Waals surface area contributed by atoms with Crippen molar-refractivity contribution in [3.63, 3.8) is 0 Å². The predicted octanol–water partition coefficient (Wildman–Crippen LogP) is -9.76. The molecule has 4 N–H and O–H groups in total. The minimum atomic E-state index is -4.94. The molecule has 0 aliphatic carbocycles. The number of carbonyl (C=O) groups is 2. The summed E-state index contributed by atoms with van der Waals surface area (Å²) in [5, 5.41) is 0. The Morgan fingerprint density at radius 2 is 0.973 bits per heavy atom. The van der Waals surface area contributed by atoms with Gasteiger partial charge in [-0.2, -0.15) is 0 Å². The first-order valence-corrected chi connectivity index (χ1v) is 12.0. The molecule has 2 aromatic heterocycles. The number of amides is 2. The minimum absolute atomic E-state index is 0. The third kappa shape index (κ3) is 28.5. The van der Waals surface area contributed by atoms with Crippen molar-refractivity contribution in [3.8, 4) is 0 Å². The molecule has 0 unspecified atom stereocenters. The molecule has 0 fully saturated rings. The molecule has 37 heavy (non-hydrogen) atoms. The third-order valence-electron chi connectivity index (χ3n) is 3.71. The molecule has 0 bridgehead atoms. The molecule has 2 rings (SSSR count). The average molecular weight is 621 g/mol. The van der Waals surface area contributed by atoms with Crippen LogP contribution in [-0.4, -0.2) is 57.8 Å². The number of pyridine rings is 2. The van der Waals surface area contributed by atoms with Gasteiger partial charge in [0, 0.05) is 38.6 Å². The van der Waals surface area contributed by atoms with Crippen LogP contribution in [0.5, 0.6) is 0 Å². The summed E-state index contributed by atoms with van der Waals surface area (Å²) >= 11 is 0. The average Bonchev–Trinajstić information content (AvgIpc) is 2.70. The van der Waals surface area contributed by atoms with Crippen molar-refractivity contribution in [2.75, 3.05) is 26.2 Å². The van der Waals surface area contributed by atoms with Crippen LogP contribution in [0.3, 0.4) is 0 Å². The van der Waals surface area contributed by atoms with E-state index in [1.165, 1.54) is 0 Å². The number of halogens is 2. The maximum Gasteiger partial charge on any atom is 2.00 e. The first-order chi connectivity index (χ1) is 16.5. The van der Waals surface area contributed by atoms with Crippen molar-refractivity contribution in [1.82, 2.24) is 19.8 Å². The number of nitrogens with two attached hydrogens (primary N) is 2. The van der Waals surface area contributed by atoms with Gasteiger partial charge >= 0.3 is 19.5 Å². The number of aromatic nitrogens is 2. The smallest absolute Gasteiger partial charge is 0.369 e. The Balaban J connectivity index is 0. The molecule has 16 nitrogen and oxygen atoms in total. The number of hydrogen-bond acceptors (Lipinski definition) is 14. The van der Waals surface area contributed by atoms with Gasteiger partial charge in [0.1, 0.15) is 0 Å². The van der Waals surface area contributed by atoms with Crippen molar-refractivity contribution < 1.29 is 86.8 Å². The van der Waals surface area contributed by atoms with E-state index < -0.39 is 32.3 Å². The van der Waals surface area contributed by atoms with Crippen LogP contribution in [0.25, 0.3) is 0 Å². The summed E-state index contributed by atoms with van der Waals surface area (Å²) in [6.07, 6.45) is 3.41. The molecule has 0 aromatic carbocycles. The summed E-state index contributed by atoms with van der Waals surface area (Å²) in [6, 6.07) is 11.2. The number of hydrogen-bond donors (Lipinski definition) is 2. The van der Waals surface area contributed by atoms with E-state index in [4.69, 9.17) is 48.7 Å². The van der Waals surface area contributed by atoms with Gasteiger partial charge in [-0.1, -0.05) is 12.1 Å². The fraction of sp³-hybridized carbons (Fsp3) is 0.333. The Kier molecular flexibility index (Phi) is 19.3. The third-order valence-corrected chi connectivity index (χ3v) is 3.71. The normalized spacial score (nSPS) is 11.0. The minimum Gasteiger partial charge on any atom is -0.369 e. The second-order valence-electron chi connectivity index (χ2n) is 6.75. The molecular formula is C18H24Cl2N6O10Zn. The van der Waals surface area contributed by atoms with Crippen LogP contribution < -0.4 is 48.7 Å². The molecule has 0 saturated carbocycles. The van der Waals surface area contributed by atoms with Crippen LogP contribution in [0, 0.1) is 20.5 Å². The van der Waals surface area contributed by atoms with E-state index in [0.717, 1.165) is 11.4 Å². The Morgan fingerprint density at radius 3 is 1.19 bits per heavy atom. The van der Waals surface area contributed by atoms with E-state index in [1.807, 2.05) is 46.2 Å². The van der Waals surface area contributed by atoms with Gasteiger partial charge in [0.25, 0.3) is 0 Å². The maximum atomic E-state index is 11.4. The Labute approximate surface area is 229 Å². The quantitative estimate of drug-likeness (QED) is 0.220. The summed E-state index contributed by atoms with van der Waals surface area (Å²) < 4.78 is 67.9. The SMILES string of the molecule is NC(=O)CN(CCN(CC(N)=O)Cc1ccccn1)Cc1ccccn1.[O-][Cl+3]([O-])([O-])[O-].[O-][Cl+3]([O-])([O-])[O-].[Zn+2]. The predicted molar refractivity (Wildman–Crippen MR) is 97.4 cm³/mol. The van der Waals surface area contributed by atoms with Gasteiger partial charge in [-0.25, -0.2) is 37.3 Å². The largest absolute Gasteiger partial charge is 2.00 e. The Morgan fingerprint density at radius 1 is 0.676 bits per heavy atom. The van der Waals surface area contributed by atoms with Crippen LogP contribution in [0.1, 0.15) is 11.4 Å². The van der Waals surface area contributed by atoms with Crippen molar-refractivity contribution >= 4 is 11.8 Å². The summed E-state index contributed by atoms with van der Waals surface area (Å²) in [5.41, 5.74) is 12.4. The van der Waals surface area contributed by atoms with E-state index in [2.05, 4.69) is 9.97 Å². The van der Waals surface area contributed by atoms with Gasteiger partial charge in [-0.15, -0.1) is 20.5 Å². The molecule has 0 aliphatic rings. The number of primary amides is 2. The molecule has 202 valence electrons. The van der Waals surface area contributed by atoms with E-state index in [0.29, 0.717) is 26.2 Å². The molecule has 2 amide bonds. The topological polar surface area (TPSA) is 303 Å². The molecule has 0 radical (unpaired) electrons. The fourth-order valence-electron chi connectivity index (χ4n) is 2.59. The van der Waals surface area contributed by atoms with Gasteiger partial charge in [-0.3, -0.25) is 29.4 Å². The second kappa shape index (κ2) is 19.2. The van der Waals surface area contributed by atoms with Gasteiger partial charge in [-0.05, 0) is 24.3 Å². The van der Waals surface area contributed by atoms with Crippen LogP contribution in [0.2, 0.25) is 0 Å². The maximum absolute atomic E-state index is 11.4. The first-order valence-electron chi connectivity index (χ1n) is 9.57. The summed E-state index contributed by atoms with van der Waals surface area (Å²) in [5.74, 6) is -0.820. The Hall–Kier alpha value is -1.96. The number of nitrogens with zero attached hydrogens (tertiary/aromatic N) is 4. The molecule has 0 atom stereocenters. The second-order valence-corrected chi connectivity index (χ2v) is 8.26. The standard InChI is InChI=1S/C18H24N6O2.2ClHO4.Zn/c19-17(25)13-23(11-15-5-1-3-7-21-15)9-10-24(14-18(20)26)12-16-6-2-4-8-22-16;2*2-1(3,4)5;/h1-8H,9-14H2,(H2,19,25)(H2,20,26);2*(H,2,3,4,5);/q;;;+2/p-2. The van der Waals surface area contributed by atoms with Crippen molar-refractivity contribution in [2.45, 2.75) is 13.1 Å². The van der Waals surface area contributed by atoms with Gasteiger partial charge in [0.05, 0.1) is 24.5 Å². The van der Waals surface area contributed by atoms with E-state index in [9.17, 15) is 9.59 Å². The molecule has 2 aromatic rings. The van der Waals surface area contributed by atoms with E-state index in [-0.39, 0.29) is 32.6 Å². The van der Waals surface area contributed by atoms with Crippen LogP contribution in [-0.2, 0) is 42.2 Å². The van der Waals surface area contributed by atoms with Crippen molar-refractivity contribution in [2.24, 2.45) is 11.5 Å². The zero-order valence-corrected chi connectivity index (χ0v) is 23.8. The van der Waals surface area contributed by atoms with Crippen LogP contribution in [0.4, 0.5) is 0 Å². The molecule has 2 heterocycles. The van der Waals surface area contributed by atoms with Crippen LogP contribution >= 0.6 is 0 Å². The molecule has 0 spiro atoms. The number of rotatable bonds is 11. The van der Waals surface area contributed by atoms with Crippen LogP contribution in [0.15, 0.2) is 48.8 Å². The van der Waals surface area contributed by atoms with Gasteiger partial charge in [0.2, 0.25) is 11.8 Å². The van der Waals surface area contributed by atoms with Gasteiger partial charge in [0.15, 0.2) is 0 Å². The van der Waals surface area contributed by atoms with Crippen molar-refractivity contribution in [1.29, 1.82) is 0 Å². The monoisotopic (exact) mass is 618 g/mol. The zero-order chi connectivity index (χ0) is 27.8. The number of carbonyl (C=O) groups excluding carboxylic acids is 2. The van der Waals surface area contributed by atoms with E-state index in [1.54, 1.807) is 12.4 Å². The zero-order valence-electron chi connectivity index (χ0n) is 19.4. The summed E-state index contributed by atoms with van der Waals surface area (Å²) in [7, 11) is -9.89. The van der Waals surface area contributed by atoms with E-state index >= 15 is 0 Å². The molecule has 0 saturated heterocycles. The molecule has 19 heteroatoms. The fourth-order valence-corrected chi connectivity index (χ4v) is 2.59. The molecule has 0 aliphatic heterocycles. The van der Waals surface area contributed by atoms with Gasteiger partial charge < -0.3 is 11.5 Å². The molecular weight excluding hydrogens is 597 g/mol.